The zero-order valence-corrected chi connectivity index (χ0v) is 11.0. The Hall–Kier alpha value is -1.61. The molecule has 94 valence electrons. The maximum atomic E-state index is 5.85. The molecule has 1 fully saturated rings. The molecule has 1 aromatic carbocycles. The van der Waals surface area contributed by atoms with Crippen LogP contribution in [0.25, 0.3) is 5.69 Å². The normalized spacial score (nSPS) is 16.8. The number of hydrogen-bond acceptors (Lipinski definition) is 2. The first kappa shape index (κ1) is 11.5. The maximum Gasteiger partial charge on any atom is 0.0703 e. The third-order valence-electron chi connectivity index (χ3n) is 3.98. The standard InChI is InChI=1S/C15H19N3/c1-11-3-4-13(12(2)9-11)18-8-5-14(17-18)15(10-16)6-7-15/h3-5,8-9H,6-7,10,16H2,1-2H3. The van der Waals surface area contributed by atoms with E-state index >= 15 is 0 Å². The molecule has 1 aliphatic rings. The number of hydrogen-bond donors (Lipinski definition) is 1. The van der Waals surface area contributed by atoms with Crippen LogP contribution >= 0.6 is 0 Å². The zero-order valence-electron chi connectivity index (χ0n) is 11.0. The summed E-state index contributed by atoms with van der Waals surface area (Å²) in [6, 6.07) is 8.55. The van der Waals surface area contributed by atoms with Gasteiger partial charge in [-0.1, -0.05) is 17.7 Å². The Morgan fingerprint density at radius 2 is 2.06 bits per heavy atom. The molecule has 3 heteroatoms. The van der Waals surface area contributed by atoms with Crippen molar-refractivity contribution < 1.29 is 0 Å². The second-order valence-corrected chi connectivity index (χ2v) is 5.42. The second-order valence-electron chi connectivity index (χ2n) is 5.42. The Morgan fingerprint density at radius 3 is 2.67 bits per heavy atom. The predicted molar refractivity (Wildman–Crippen MR) is 73.0 cm³/mol. The van der Waals surface area contributed by atoms with E-state index in [1.807, 2.05) is 10.9 Å². The molecule has 3 nitrogen and oxygen atoms in total. The first-order valence-electron chi connectivity index (χ1n) is 6.48. The molecule has 1 heterocycles. The summed E-state index contributed by atoms with van der Waals surface area (Å²) in [6.07, 6.45) is 4.39. The molecule has 3 rings (SSSR count). The molecule has 0 atom stereocenters. The van der Waals surface area contributed by atoms with Crippen LogP contribution in [-0.4, -0.2) is 16.3 Å². The van der Waals surface area contributed by atoms with Crippen LogP contribution in [0.2, 0.25) is 0 Å². The number of rotatable bonds is 3. The Kier molecular flexibility index (Phi) is 2.52. The molecule has 2 N–H and O–H groups in total. The topological polar surface area (TPSA) is 43.8 Å². The van der Waals surface area contributed by atoms with Gasteiger partial charge in [0.1, 0.15) is 0 Å². The van der Waals surface area contributed by atoms with Gasteiger partial charge in [0.25, 0.3) is 0 Å². The number of nitrogens with two attached hydrogens (primary N) is 1. The number of aryl methyl sites for hydroxylation is 2. The Bertz CT molecular complexity index is 579. The summed E-state index contributed by atoms with van der Waals surface area (Å²) in [5, 5.41) is 4.71. The van der Waals surface area contributed by atoms with Crippen LogP contribution < -0.4 is 5.73 Å². The molecule has 0 bridgehead atoms. The summed E-state index contributed by atoms with van der Waals surface area (Å²) >= 11 is 0. The van der Waals surface area contributed by atoms with E-state index in [-0.39, 0.29) is 5.41 Å². The minimum atomic E-state index is 0.170. The quantitative estimate of drug-likeness (QED) is 0.897. The molecule has 0 saturated heterocycles. The van der Waals surface area contributed by atoms with E-state index in [1.165, 1.54) is 24.0 Å². The molecule has 0 radical (unpaired) electrons. The van der Waals surface area contributed by atoms with Crippen molar-refractivity contribution in [3.8, 4) is 5.69 Å². The van der Waals surface area contributed by atoms with Crippen LogP contribution in [0.3, 0.4) is 0 Å². The average Bonchev–Trinajstić information content (AvgIpc) is 3.00. The number of benzene rings is 1. The lowest BCUT2D eigenvalue weighted by atomic mass is 10.0. The van der Waals surface area contributed by atoms with Crippen LogP contribution in [0.5, 0.6) is 0 Å². The van der Waals surface area contributed by atoms with Gasteiger partial charge in [-0.25, -0.2) is 4.68 Å². The van der Waals surface area contributed by atoms with E-state index in [2.05, 4.69) is 38.1 Å². The molecule has 1 saturated carbocycles. The van der Waals surface area contributed by atoms with E-state index in [9.17, 15) is 0 Å². The summed E-state index contributed by atoms with van der Waals surface area (Å²) < 4.78 is 1.97. The van der Waals surface area contributed by atoms with Crippen LogP contribution in [0.4, 0.5) is 0 Å². The fraction of sp³-hybridized carbons (Fsp3) is 0.400. The highest BCUT2D eigenvalue weighted by Crippen LogP contribution is 2.46. The van der Waals surface area contributed by atoms with Crippen molar-refractivity contribution in [2.75, 3.05) is 6.54 Å². The van der Waals surface area contributed by atoms with E-state index in [0.717, 1.165) is 11.4 Å². The molecule has 0 aliphatic heterocycles. The maximum absolute atomic E-state index is 5.85. The second kappa shape index (κ2) is 3.95. The van der Waals surface area contributed by atoms with Crippen molar-refractivity contribution in [2.24, 2.45) is 5.73 Å². The van der Waals surface area contributed by atoms with Crippen LogP contribution in [0, 0.1) is 13.8 Å². The highest BCUT2D eigenvalue weighted by Gasteiger charge is 2.44. The summed E-state index contributed by atoms with van der Waals surface area (Å²) in [7, 11) is 0. The SMILES string of the molecule is Cc1ccc(-n2ccc(C3(CN)CC3)n2)c(C)c1. The van der Waals surface area contributed by atoms with Crippen molar-refractivity contribution in [2.45, 2.75) is 32.1 Å². The Labute approximate surface area is 108 Å². The van der Waals surface area contributed by atoms with Crippen molar-refractivity contribution in [3.05, 3.63) is 47.3 Å². The van der Waals surface area contributed by atoms with Gasteiger partial charge in [-0.05, 0) is 44.4 Å². The van der Waals surface area contributed by atoms with Crippen LogP contribution in [0.15, 0.2) is 30.5 Å². The lowest BCUT2D eigenvalue weighted by Gasteiger charge is -2.09. The predicted octanol–water partition coefficient (Wildman–Crippen LogP) is 2.48. The molecule has 0 unspecified atom stereocenters. The third kappa shape index (κ3) is 1.75. The van der Waals surface area contributed by atoms with Gasteiger partial charge in [0, 0.05) is 18.2 Å². The third-order valence-corrected chi connectivity index (χ3v) is 3.98. The molecular weight excluding hydrogens is 222 g/mol. The number of nitrogens with zero attached hydrogens (tertiary/aromatic N) is 2. The van der Waals surface area contributed by atoms with Crippen molar-refractivity contribution in [1.82, 2.24) is 9.78 Å². The molecule has 1 aromatic heterocycles. The smallest absolute Gasteiger partial charge is 0.0703 e. The van der Waals surface area contributed by atoms with Crippen LogP contribution in [-0.2, 0) is 5.41 Å². The fourth-order valence-electron chi connectivity index (χ4n) is 2.52. The molecule has 2 aromatic rings. The van der Waals surface area contributed by atoms with Crippen molar-refractivity contribution >= 4 is 0 Å². The van der Waals surface area contributed by atoms with E-state index in [1.54, 1.807) is 0 Å². The van der Waals surface area contributed by atoms with E-state index in [4.69, 9.17) is 10.8 Å². The summed E-state index contributed by atoms with van der Waals surface area (Å²) in [6.45, 7) is 4.94. The Morgan fingerprint density at radius 1 is 1.28 bits per heavy atom. The lowest BCUT2D eigenvalue weighted by molar-refractivity contribution is 0.661. The first-order valence-corrected chi connectivity index (χ1v) is 6.48. The molecule has 0 spiro atoms. The molecular formula is C15H19N3. The lowest BCUT2D eigenvalue weighted by Crippen LogP contribution is -2.20. The Balaban J connectivity index is 1.98. The summed E-state index contributed by atoms with van der Waals surface area (Å²) in [5.41, 5.74) is 10.8. The average molecular weight is 241 g/mol. The highest BCUT2D eigenvalue weighted by atomic mass is 15.3. The highest BCUT2D eigenvalue weighted by molar-refractivity contribution is 5.42. The number of aromatic nitrogens is 2. The van der Waals surface area contributed by atoms with Crippen molar-refractivity contribution in [1.29, 1.82) is 0 Å². The van der Waals surface area contributed by atoms with Gasteiger partial charge in [0.2, 0.25) is 0 Å². The molecule has 0 amide bonds. The van der Waals surface area contributed by atoms with E-state index in [0.29, 0.717) is 6.54 Å². The summed E-state index contributed by atoms with van der Waals surface area (Å²) in [4.78, 5) is 0. The first-order chi connectivity index (χ1) is 8.64. The monoisotopic (exact) mass is 241 g/mol. The fourth-order valence-corrected chi connectivity index (χ4v) is 2.52. The van der Waals surface area contributed by atoms with Gasteiger partial charge >= 0.3 is 0 Å². The van der Waals surface area contributed by atoms with Gasteiger partial charge in [-0.15, -0.1) is 0 Å². The van der Waals surface area contributed by atoms with Gasteiger partial charge < -0.3 is 5.73 Å². The van der Waals surface area contributed by atoms with Crippen LogP contribution in [0.1, 0.15) is 29.7 Å². The van der Waals surface area contributed by atoms with Gasteiger partial charge in [0.05, 0.1) is 11.4 Å². The summed E-state index contributed by atoms with van der Waals surface area (Å²) in [5.74, 6) is 0. The van der Waals surface area contributed by atoms with Gasteiger partial charge in [-0.3, -0.25) is 0 Å². The minimum Gasteiger partial charge on any atom is -0.330 e. The van der Waals surface area contributed by atoms with Gasteiger partial charge in [0.15, 0.2) is 0 Å². The van der Waals surface area contributed by atoms with Gasteiger partial charge in [-0.2, -0.15) is 5.10 Å². The van der Waals surface area contributed by atoms with E-state index < -0.39 is 0 Å². The zero-order chi connectivity index (χ0) is 12.8. The largest absolute Gasteiger partial charge is 0.330 e. The van der Waals surface area contributed by atoms with Crippen molar-refractivity contribution in [3.63, 3.8) is 0 Å². The molecule has 18 heavy (non-hydrogen) atoms. The molecule has 1 aliphatic carbocycles. The minimum absolute atomic E-state index is 0.170.